The number of hydrogen-bond acceptors (Lipinski definition) is 6. The maximum absolute atomic E-state index is 11.8. The van der Waals surface area contributed by atoms with Gasteiger partial charge in [-0.1, -0.05) is 5.16 Å². The Bertz CT molecular complexity index is 558. The van der Waals surface area contributed by atoms with Crippen molar-refractivity contribution in [1.82, 2.24) is 25.2 Å². The molecule has 96 valence electrons. The van der Waals surface area contributed by atoms with Crippen LogP contribution in [0.4, 0.5) is 5.82 Å². The van der Waals surface area contributed by atoms with Crippen molar-refractivity contribution in [3.63, 3.8) is 0 Å². The lowest BCUT2D eigenvalue weighted by Gasteiger charge is -2.02. The molecule has 0 unspecified atom stereocenters. The number of anilines is 1. The maximum Gasteiger partial charge on any atom is 0.256 e. The van der Waals surface area contributed by atoms with Crippen LogP contribution in [0.1, 0.15) is 22.1 Å². The third-order valence-corrected chi connectivity index (χ3v) is 2.42. The Morgan fingerprint density at radius 2 is 2.39 bits per heavy atom. The highest BCUT2D eigenvalue weighted by atomic mass is 16.5. The lowest BCUT2D eigenvalue weighted by Crippen LogP contribution is -2.26. The van der Waals surface area contributed by atoms with Gasteiger partial charge in [0.2, 0.25) is 5.89 Å². The summed E-state index contributed by atoms with van der Waals surface area (Å²) in [6.45, 7) is 2.14. The topological polar surface area (TPSA) is 112 Å². The minimum Gasteiger partial charge on any atom is -0.383 e. The first-order valence-electron chi connectivity index (χ1n) is 5.43. The van der Waals surface area contributed by atoms with Gasteiger partial charge in [0.15, 0.2) is 5.82 Å². The number of carbonyl (C=O) groups excluding carboxylic acids is 1. The minimum atomic E-state index is -0.267. The summed E-state index contributed by atoms with van der Waals surface area (Å²) < 4.78 is 6.37. The van der Waals surface area contributed by atoms with Crippen LogP contribution in [0.25, 0.3) is 0 Å². The molecule has 18 heavy (non-hydrogen) atoms. The maximum atomic E-state index is 11.8. The molecule has 0 bridgehead atoms. The molecule has 0 radical (unpaired) electrons. The standard InChI is InChI=1S/C10H14N6O2/c1-6-14-8(18-15-6)3-4-12-10(17)7-5-13-16(2)9(7)11/h5H,3-4,11H2,1-2H3,(H,12,17). The summed E-state index contributed by atoms with van der Waals surface area (Å²) in [7, 11) is 1.67. The second-order valence-corrected chi connectivity index (χ2v) is 3.81. The number of nitrogen functional groups attached to an aromatic ring is 1. The van der Waals surface area contributed by atoms with Gasteiger partial charge in [0, 0.05) is 20.0 Å². The van der Waals surface area contributed by atoms with E-state index in [0.29, 0.717) is 36.1 Å². The van der Waals surface area contributed by atoms with E-state index in [4.69, 9.17) is 10.3 Å². The zero-order valence-electron chi connectivity index (χ0n) is 10.2. The second-order valence-electron chi connectivity index (χ2n) is 3.81. The number of carbonyl (C=O) groups is 1. The van der Waals surface area contributed by atoms with E-state index < -0.39 is 0 Å². The zero-order chi connectivity index (χ0) is 13.1. The molecular formula is C10H14N6O2. The summed E-state index contributed by atoms with van der Waals surface area (Å²) >= 11 is 0. The molecule has 0 saturated heterocycles. The molecule has 2 aromatic rings. The average molecular weight is 250 g/mol. The monoisotopic (exact) mass is 250 g/mol. The molecule has 0 aliphatic carbocycles. The van der Waals surface area contributed by atoms with Crippen molar-refractivity contribution < 1.29 is 9.32 Å². The van der Waals surface area contributed by atoms with Gasteiger partial charge in [-0.05, 0) is 6.92 Å². The fourth-order valence-electron chi connectivity index (χ4n) is 1.44. The molecule has 1 amide bonds. The van der Waals surface area contributed by atoms with Crippen LogP contribution in [0.3, 0.4) is 0 Å². The molecular weight excluding hydrogens is 236 g/mol. The van der Waals surface area contributed by atoms with Crippen molar-refractivity contribution in [2.24, 2.45) is 7.05 Å². The van der Waals surface area contributed by atoms with E-state index in [2.05, 4.69) is 20.6 Å². The second kappa shape index (κ2) is 4.86. The van der Waals surface area contributed by atoms with Gasteiger partial charge in [-0.15, -0.1) is 0 Å². The number of rotatable bonds is 4. The van der Waals surface area contributed by atoms with E-state index >= 15 is 0 Å². The van der Waals surface area contributed by atoms with Crippen molar-refractivity contribution in [3.8, 4) is 0 Å². The van der Waals surface area contributed by atoms with Crippen LogP contribution >= 0.6 is 0 Å². The largest absolute Gasteiger partial charge is 0.383 e. The fraction of sp³-hybridized carbons (Fsp3) is 0.400. The van der Waals surface area contributed by atoms with E-state index in [9.17, 15) is 4.79 Å². The van der Waals surface area contributed by atoms with Gasteiger partial charge in [0.25, 0.3) is 5.91 Å². The van der Waals surface area contributed by atoms with E-state index in [-0.39, 0.29) is 5.91 Å². The molecule has 8 heteroatoms. The van der Waals surface area contributed by atoms with Gasteiger partial charge in [0.1, 0.15) is 11.4 Å². The molecule has 0 aliphatic heterocycles. The molecule has 2 aromatic heterocycles. The van der Waals surface area contributed by atoms with Gasteiger partial charge in [-0.2, -0.15) is 10.1 Å². The van der Waals surface area contributed by atoms with E-state index in [1.54, 1.807) is 14.0 Å². The summed E-state index contributed by atoms with van der Waals surface area (Å²) in [5.41, 5.74) is 6.05. The van der Waals surface area contributed by atoms with Gasteiger partial charge in [-0.25, -0.2) is 0 Å². The van der Waals surface area contributed by atoms with Gasteiger partial charge < -0.3 is 15.6 Å². The normalized spacial score (nSPS) is 10.6. The highest BCUT2D eigenvalue weighted by molar-refractivity contribution is 5.98. The minimum absolute atomic E-state index is 0.267. The Morgan fingerprint density at radius 1 is 1.61 bits per heavy atom. The summed E-state index contributed by atoms with van der Waals surface area (Å²) in [4.78, 5) is 15.8. The molecule has 0 fully saturated rings. The fourth-order valence-corrected chi connectivity index (χ4v) is 1.44. The Morgan fingerprint density at radius 3 is 2.94 bits per heavy atom. The number of aryl methyl sites for hydroxylation is 2. The molecule has 0 saturated carbocycles. The van der Waals surface area contributed by atoms with Crippen molar-refractivity contribution in [2.45, 2.75) is 13.3 Å². The van der Waals surface area contributed by atoms with Crippen LogP contribution < -0.4 is 11.1 Å². The zero-order valence-corrected chi connectivity index (χ0v) is 10.2. The Hall–Kier alpha value is -2.38. The number of amides is 1. The molecule has 0 atom stereocenters. The SMILES string of the molecule is Cc1noc(CCNC(=O)c2cnn(C)c2N)n1. The first-order valence-corrected chi connectivity index (χ1v) is 5.43. The summed E-state index contributed by atoms with van der Waals surface area (Å²) in [6, 6.07) is 0. The van der Waals surface area contributed by atoms with Gasteiger partial charge in [0.05, 0.1) is 6.20 Å². The van der Waals surface area contributed by atoms with Crippen LogP contribution in [0.15, 0.2) is 10.7 Å². The van der Waals surface area contributed by atoms with E-state index in [1.165, 1.54) is 10.9 Å². The summed E-state index contributed by atoms with van der Waals surface area (Å²) in [5, 5.41) is 10.3. The number of nitrogens with zero attached hydrogens (tertiary/aromatic N) is 4. The molecule has 3 N–H and O–H groups in total. The average Bonchev–Trinajstić information content (AvgIpc) is 2.87. The van der Waals surface area contributed by atoms with E-state index in [0.717, 1.165) is 0 Å². The molecule has 2 rings (SSSR count). The highest BCUT2D eigenvalue weighted by Crippen LogP contribution is 2.08. The predicted octanol–water partition coefficient (Wildman–Crippen LogP) is -0.334. The van der Waals surface area contributed by atoms with Crippen LogP contribution in [-0.2, 0) is 13.5 Å². The number of nitrogens with one attached hydrogen (secondary N) is 1. The number of nitrogens with two attached hydrogens (primary N) is 1. The molecule has 2 heterocycles. The smallest absolute Gasteiger partial charge is 0.256 e. The van der Waals surface area contributed by atoms with Crippen LogP contribution in [0.2, 0.25) is 0 Å². The molecule has 8 nitrogen and oxygen atoms in total. The number of hydrogen-bond donors (Lipinski definition) is 2. The Labute approximate surface area is 103 Å². The quantitative estimate of drug-likeness (QED) is 0.768. The van der Waals surface area contributed by atoms with Crippen LogP contribution in [0.5, 0.6) is 0 Å². The molecule has 0 aromatic carbocycles. The summed E-state index contributed by atoms with van der Waals surface area (Å²) in [6.07, 6.45) is 1.91. The molecule has 0 spiro atoms. The van der Waals surface area contributed by atoms with Crippen LogP contribution in [0, 0.1) is 6.92 Å². The van der Waals surface area contributed by atoms with Crippen LogP contribution in [-0.4, -0.2) is 32.4 Å². The van der Waals surface area contributed by atoms with Gasteiger partial charge >= 0.3 is 0 Å². The Balaban J connectivity index is 1.87. The predicted molar refractivity (Wildman–Crippen MR) is 62.7 cm³/mol. The number of aromatic nitrogens is 4. The summed E-state index contributed by atoms with van der Waals surface area (Å²) in [5.74, 6) is 1.14. The molecule has 0 aliphatic rings. The lowest BCUT2D eigenvalue weighted by molar-refractivity contribution is 0.0954. The lowest BCUT2D eigenvalue weighted by atomic mass is 10.3. The Kier molecular flexibility index (Phi) is 3.26. The third-order valence-electron chi connectivity index (χ3n) is 2.42. The van der Waals surface area contributed by atoms with Gasteiger partial charge in [-0.3, -0.25) is 9.48 Å². The van der Waals surface area contributed by atoms with Crippen molar-refractivity contribution in [1.29, 1.82) is 0 Å². The highest BCUT2D eigenvalue weighted by Gasteiger charge is 2.13. The van der Waals surface area contributed by atoms with Crippen molar-refractivity contribution in [2.75, 3.05) is 12.3 Å². The first-order chi connectivity index (χ1) is 8.58. The van der Waals surface area contributed by atoms with Crippen molar-refractivity contribution >= 4 is 11.7 Å². The van der Waals surface area contributed by atoms with E-state index in [1.807, 2.05) is 0 Å². The van der Waals surface area contributed by atoms with Crippen molar-refractivity contribution in [3.05, 3.63) is 23.5 Å². The first kappa shape index (κ1) is 12.1. The third kappa shape index (κ3) is 2.47.